The van der Waals surface area contributed by atoms with Gasteiger partial charge in [-0.2, -0.15) is 0 Å². The van der Waals surface area contributed by atoms with Gasteiger partial charge in [0.1, 0.15) is 0 Å². The SMILES string of the molecule is CCCc1c(C(=O)O)nnn1Cc1ccc(C)c(C)c1. The van der Waals surface area contributed by atoms with Crippen LogP contribution in [0.1, 0.15) is 46.2 Å². The summed E-state index contributed by atoms with van der Waals surface area (Å²) in [5.74, 6) is -1.01. The second kappa shape index (κ2) is 5.86. The molecule has 5 nitrogen and oxygen atoms in total. The van der Waals surface area contributed by atoms with Crippen molar-refractivity contribution in [3.05, 3.63) is 46.3 Å². The second-order valence-electron chi connectivity index (χ2n) is 5.02. The summed E-state index contributed by atoms with van der Waals surface area (Å²) in [6.07, 6.45) is 1.53. The Morgan fingerprint density at radius 3 is 2.65 bits per heavy atom. The second-order valence-corrected chi connectivity index (χ2v) is 5.02. The van der Waals surface area contributed by atoms with Gasteiger partial charge >= 0.3 is 5.97 Å². The molecule has 0 bridgehead atoms. The van der Waals surface area contributed by atoms with Gasteiger partial charge in [-0.05, 0) is 37.0 Å². The third kappa shape index (κ3) is 2.87. The Morgan fingerprint density at radius 1 is 1.30 bits per heavy atom. The number of hydrogen-bond acceptors (Lipinski definition) is 3. The molecule has 0 atom stereocenters. The molecule has 0 saturated carbocycles. The molecule has 2 aromatic rings. The van der Waals surface area contributed by atoms with Crippen LogP contribution >= 0.6 is 0 Å². The third-order valence-electron chi connectivity index (χ3n) is 3.43. The monoisotopic (exact) mass is 273 g/mol. The summed E-state index contributed by atoms with van der Waals surface area (Å²) >= 11 is 0. The minimum atomic E-state index is -1.01. The minimum Gasteiger partial charge on any atom is -0.476 e. The van der Waals surface area contributed by atoms with E-state index in [4.69, 9.17) is 5.11 Å². The first-order valence-electron chi connectivity index (χ1n) is 6.74. The molecule has 1 aromatic carbocycles. The van der Waals surface area contributed by atoms with Gasteiger partial charge in [-0.15, -0.1) is 5.10 Å². The molecular weight excluding hydrogens is 254 g/mol. The van der Waals surface area contributed by atoms with E-state index in [9.17, 15) is 4.79 Å². The molecule has 0 aliphatic carbocycles. The predicted octanol–water partition coefficient (Wildman–Crippen LogP) is 2.59. The number of nitrogens with zero attached hydrogens (tertiary/aromatic N) is 3. The fourth-order valence-electron chi connectivity index (χ4n) is 2.18. The van der Waals surface area contributed by atoms with E-state index < -0.39 is 5.97 Å². The highest BCUT2D eigenvalue weighted by Gasteiger charge is 2.18. The fourth-order valence-corrected chi connectivity index (χ4v) is 2.18. The molecule has 0 saturated heterocycles. The molecule has 0 spiro atoms. The van der Waals surface area contributed by atoms with E-state index in [0.717, 1.165) is 12.0 Å². The van der Waals surface area contributed by atoms with E-state index in [1.54, 1.807) is 4.68 Å². The van der Waals surface area contributed by atoms with Crippen molar-refractivity contribution in [2.24, 2.45) is 0 Å². The maximum Gasteiger partial charge on any atom is 0.358 e. The van der Waals surface area contributed by atoms with Gasteiger partial charge in [0.05, 0.1) is 12.2 Å². The molecule has 5 heteroatoms. The van der Waals surface area contributed by atoms with Gasteiger partial charge in [-0.1, -0.05) is 36.8 Å². The van der Waals surface area contributed by atoms with Crippen molar-refractivity contribution >= 4 is 5.97 Å². The largest absolute Gasteiger partial charge is 0.476 e. The number of aromatic nitrogens is 3. The van der Waals surface area contributed by atoms with Crippen LogP contribution in [-0.4, -0.2) is 26.1 Å². The number of hydrogen-bond donors (Lipinski definition) is 1. The average Bonchev–Trinajstić information content (AvgIpc) is 2.78. The number of benzene rings is 1. The maximum atomic E-state index is 11.1. The molecule has 1 N–H and O–H groups in total. The highest BCUT2D eigenvalue weighted by atomic mass is 16.4. The normalized spacial score (nSPS) is 10.8. The molecule has 0 fully saturated rings. The topological polar surface area (TPSA) is 68.0 Å². The predicted molar refractivity (Wildman–Crippen MR) is 76.0 cm³/mol. The maximum absolute atomic E-state index is 11.1. The molecule has 106 valence electrons. The number of carboxylic acid groups (broad SMARTS) is 1. The Labute approximate surface area is 118 Å². The molecular formula is C15H19N3O2. The van der Waals surface area contributed by atoms with E-state index in [1.165, 1.54) is 11.1 Å². The van der Waals surface area contributed by atoms with Crippen molar-refractivity contribution < 1.29 is 9.90 Å². The van der Waals surface area contributed by atoms with Crippen molar-refractivity contribution in [3.8, 4) is 0 Å². The van der Waals surface area contributed by atoms with E-state index in [1.807, 2.05) is 13.0 Å². The van der Waals surface area contributed by atoms with E-state index in [-0.39, 0.29) is 5.69 Å². The lowest BCUT2D eigenvalue weighted by Crippen LogP contribution is -2.09. The third-order valence-corrected chi connectivity index (χ3v) is 3.43. The van der Waals surface area contributed by atoms with E-state index in [2.05, 4.69) is 36.3 Å². The van der Waals surface area contributed by atoms with Crippen molar-refractivity contribution in [1.82, 2.24) is 15.0 Å². The first-order chi connectivity index (χ1) is 9.52. The lowest BCUT2D eigenvalue weighted by molar-refractivity contribution is 0.0689. The van der Waals surface area contributed by atoms with Crippen LogP contribution in [0.2, 0.25) is 0 Å². The summed E-state index contributed by atoms with van der Waals surface area (Å²) in [7, 11) is 0. The van der Waals surface area contributed by atoms with Crippen LogP contribution in [0, 0.1) is 13.8 Å². The lowest BCUT2D eigenvalue weighted by Gasteiger charge is -2.08. The zero-order valence-corrected chi connectivity index (χ0v) is 12.1. The van der Waals surface area contributed by atoms with Gasteiger partial charge in [0.2, 0.25) is 0 Å². The molecule has 1 aromatic heterocycles. The molecule has 0 radical (unpaired) electrons. The Morgan fingerprint density at radius 2 is 2.05 bits per heavy atom. The number of aryl methyl sites for hydroxylation is 2. The van der Waals surface area contributed by atoms with Crippen LogP contribution in [0.3, 0.4) is 0 Å². The van der Waals surface area contributed by atoms with E-state index in [0.29, 0.717) is 18.7 Å². The standard InChI is InChI=1S/C15H19N3O2/c1-4-5-13-14(15(19)20)16-17-18(13)9-12-7-6-10(2)11(3)8-12/h6-8H,4-5,9H2,1-3H3,(H,19,20). The van der Waals surface area contributed by atoms with Crippen LogP contribution in [0.15, 0.2) is 18.2 Å². The first-order valence-corrected chi connectivity index (χ1v) is 6.74. The molecule has 0 amide bonds. The Kier molecular flexibility index (Phi) is 4.17. The fraction of sp³-hybridized carbons (Fsp3) is 0.400. The Balaban J connectivity index is 2.32. The summed E-state index contributed by atoms with van der Waals surface area (Å²) in [4.78, 5) is 11.1. The van der Waals surface area contributed by atoms with Gasteiger partial charge in [-0.3, -0.25) is 0 Å². The molecule has 0 aliphatic heterocycles. The molecule has 0 aliphatic rings. The van der Waals surface area contributed by atoms with Gasteiger partial charge in [0.15, 0.2) is 5.69 Å². The zero-order chi connectivity index (χ0) is 14.7. The van der Waals surface area contributed by atoms with Crippen molar-refractivity contribution in [2.75, 3.05) is 0 Å². The smallest absolute Gasteiger partial charge is 0.358 e. The van der Waals surface area contributed by atoms with Crippen LogP contribution in [0.25, 0.3) is 0 Å². The number of carboxylic acids is 1. The summed E-state index contributed by atoms with van der Waals surface area (Å²) in [6, 6.07) is 6.21. The summed E-state index contributed by atoms with van der Waals surface area (Å²) in [5, 5.41) is 16.9. The highest BCUT2D eigenvalue weighted by molar-refractivity contribution is 5.86. The Bertz CT molecular complexity index is 632. The Hall–Kier alpha value is -2.17. The number of aromatic carboxylic acids is 1. The van der Waals surface area contributed by atoms with Crippen molar-refractivity contribution in [1.29, 1.82) is 0 Å². The first kappa shape index (κ1) is 14.2. The van der Waals surface area contributed by atoms with E-state index >= 15 is 0 Å². The molecule has 2 rings (SSSR count). The molecule has 0 unspecified atom stereocenters. The van der Waals surface area contributed by atoms with Gasteiger partial charge in [0, 0.05) is 0 Å². The van der Waals surface area contributed by atoms with Crippen LogP contribution in [0.5, 0.6) is 0 Å². The quantitative estimate of drug-likeness (QED) is 0.909. The van der Waals surface area contributed by atoms with Gasteiger partial charge < -0.3 is 5.11 Å². The summed E-state index contributed by atoms with van der Waals surface area (Å²) in [6.45, 7) is 6.70. The minimum absolute atomic E-state index is 0.0654. The van der Waals surface area contributed by atoms with Crippen LogP contribution < -0.4 is 0 Å². The average molecular weight is 273 g/mol. The van der Waals surface area contributed by atoms with Crippen molar-refractivity contribution in [3.63, 3.8) is 0 Å². The van der Waals surface area contributed by atoms with Gasteiger partial charge in [-0.25, -0.2) is 9.48 Å². The summed E-state index contributed by atoms with van der Waals surface area (Å²) in [5.41, 5.74) is 4.33. The van der Waals surface area contributed by atoms with Crippen LogP contribution in [-0.2, 0) is 13.0 Å². The zero-order valence-electron chi connectivity index (χ0n) is 12.1. The molecule has 20 heavy (non-hydrogen) atoms. The number of carbonyl (C=O) groups is 1. The van der Waals surface area contributed by atoms with Gasteiger partial charge in [0.25, 0.3) is 0 Å². The summed E-state index contributed by atoms with van der Waals surface area (Å²) < 4.78 is 1.69. The molecule has 1 heterocycles. The highest BCUT2D eigenvalue weighted by Crippen LogP contribution is 2.14. The van der Waals surface area contributed by atoms with Crippen LogP contribution in [0.4, 0.5) is 0 Å². The van der Waals surface area contributed by atoms with Crippen molar-refractivity contribution in [2.45, 2.75) is 40.2 Å². The lowest BCUT2D eigenvalue weighted by atomic mass is 10.1. The number of rotatable bonds is 5.